The maximum Gasteiger partial charge on any atom is 0.162 e. The predicted octanol–water partition coefficient (Wildman–Crippen LogP) is 12.9. The summed E-state index contributed by atoms with van der Waals surface area (Å²) in [5.41, 5.74) is 15.2. The molecule has 0 fully saturated rings. The smallest absolute Gasteiger partial charge is 0.162 e. The summed E-state index contributed by atoms with van der Waals surface area (Å²) in [5, 5.41) is 3.26. The Bertz CT molecular complexity index is 3170. The molecule has 0 radical (unpaired) electrons. The molecule has 0 spiro atoms. The summed E-state index contributed by atoms with van der Waals surface area (Å²) in [6.07, 6.45) is 1.68. The number of para-hydroxylation sites is 6. The van der Waals surface area contributed by atoms with Crippen LogP contribution in [0.3, 0.4) is 0 Å². The fourth-order valence-electron chi connectivity index (χ4n) is 8.53. The number of benzene rings is 7. The first-order valence-corrected chi connectivity index (χ1v) is 19.6. The average molecular weight is 736 g/mol. The highest BCUT2D eigenvalue weighted by Crippen LogP contribution is 2.41. The molecule has 4 aromatic heterocycles. The number of aryl methyl sites for hydroxylation is 2. The molecule has 272 valence electrons. The zero-order valence-corrected chi connectivity index (χ0v) is 31.6. The van der Waals surface area contributed by atoms with Crippen molar-refractivity contribution in [2.45, 2.75) is 26.7 Å². The fourth-order valence-corrected chi connectivity index (χ4v) is 8.53. The summed E-state index contributed by atoms with van der Waals surface area (Å²) >= 11 is 0. The van der Waals surface area contributed by atoms with Crippen LogP contribution in [-0.4, -0.2) is 24.1 Å². The summed E-state index contributed by atoms with van der Waals surface area (Å²) in [5.74, 6) is 2.09. The minimum atomic E-state index is 0.793. The Morgan fingerprint density at radius 3 is 1.47 bits per heavy atom. The first-order valence-electron chi connectivity index (χ1n) is 19.6. The predicted molar refractivity (Wildman–Crippen MR) is 233 cm³/mol. The van der Waals surface area contributed by atoms with E-state index in [4.69, 9.17) is 19.4 Å². The van der Waals surface area contributed by atoms with Crippen molar-refractivity contribution in [2.24, 2.45) is 0 Å². The van der Waals surface area contributed by atoms with E-state index in [2.05, 4.69) is 163 Å². The number of aromatic nitrogens is 5. The van der Waals surface area contributed by atoms with Crippen LogP contribution in [0.5, 0.6) is 0 Å². The molecule has 0 unspecified atom stereocenters. The van der Waals surface area contributed by atoms with Crippen LogP contribution in [0, 0.1) is 0 Å². The lowest BCUT2D eigenvalue weighted by Crippen LogP contribution is -2.00. The van der Waals surface area contributed by atoms with E-state index in [9.17, 15) is 0 Å². The number of imidazole rings is 2. The summed E-state index contributed by atoms with van der Waals surface area (Å²) in [7, 11) is 0. The molecule has 11 rings (SSSR count). The summed E-state index contributed by atoms with van der Waals surface area (Å²) < 4.78 is 11.2. The van der Waals surface area contributed by atoms with Gasteiger partial charge < -0.3 is 4.42 Å². The van der Waals surface area contributed by atoms with E-state index in [1.165, 1.54) is 0 Å². The molecule has 6 heteroatoms. The van der Waals surface area contributed by atoms with Gasteiger partial charge in [-0.1, -0.05) is 98.8 Å². The molecule has 0 N–H and O–H groups in total. The van der Waals surface area contributed by atoms with Gasteiger partial charge in [0.25, 0.3) is 0 Å². The average Bonchev–Trinajstić information content (AvgIpc) is 3.98. The number of fused-ring (bicyclic) bond motifs is 7. The highest BCUT2D eigenvalue weighted by Gasteiger charge is 2.20. The Kier molecular flexibility index (Phi) is 7.64. The molecule has 7 aromatic carbocycles. The first-order chi connectivity index (χ1) is 28.1. The van der Waals surface area contributed by atoms with Gasteiger partial charge >= 0.3 is 0 Å². The van der Waals surface area contributed by atoms with Gasteiger partial charge in [0.2, 0.25) is 0 Å². The summed E-state index contributed by atoms with van der Waals surface area (Å²) in [6, 6.07) is 57.8. The Morgan fingerprint density at radius 2 is 0.912 bits per heavy atom. The molecular formula is C51H37N5O. The van der Waals surface area contributed by atoms with Gasteiger partial charge in [-0.3, -0.25) is 9.13 Å². The Balaban J connectivity index is 1.10. The monoisotopic (exact) mass is 735 g/mol. The van der Waals surface area contributed by atoms with E-state index in [1.54, 1.807) is 0 Å². The van der Waals surface area contributed by atoms with Crippen molar-refractivity contribution >= 4 is 54.9 Å². The molecular weight excluding hydrogens is 699 g/mol. The minimum absolute atomic E-state index is 0.793. The van der Waals surface area contributed by atoms with Gasteiger partial charge in [0.15, 0.2) is 5.58 Å². The van der Waals surface area contributed by atoms with Crippen LogP contribution in [-0.2, 0) is 12.8 Å². The molecule has 6 nitrogen and oxygen atoms in total. The molecule has 0 aliphatic heterocycles. The van der Waals surface area contributed by atoms with Crippen molar-refractivity contribution in [3.8, 4) is 44.9 Å². The maximum absolute atomic E-state index is 6.69. The second-order valence-corrected chi connectivity index (χ2v) is 14.6. The number of pyridine rings is 1. The van der Waals surface area contributed by atoms with Crippen molar-refractivity contribution in [3.05, 3.63) is 175 Å². The summed E-state index contributed by atoms with van der Waals surface area (Å²) in [4.78, 5) is 15.2. The molecule has 0 atom stereocenters. The second-order valence-electron chi connectivity index (χ2n) is 14.6. The zero-order valence-electron chi connectivity index (χ0n) is 31.6. The van der Waals surface area contributed by atoms with Crippen LogP contribution in [0.1, 0.15) is 25.5 Å². The van der Waals surface area contributed by atoms with Crippen LogP contribution in [0.25, 0.3) is 99.8 Å². The third kappa shape index (κ3) is 5.36. The lowest BCUT2D eigenvalue weighted by atomic mass is 9.93. The van der Waals surface area contributed by atoms with E-state index in [0.717, 1.165) is 124 Å². The number of hydrogen-bond acceptors (Lipinski definition) is 4. The van der Waals surface area contributed by atoms with Crippen LogP contribution in [0.15, 0.2) is 168 Å². The van der Waals surface area contributed by atoms with Crippen molar-refractivity contribution in [2.75, 3.05) is 0 Å². The lowest BCUT2D eigenvalue weighted by molar-refractivity contribution is 0.669. The van der Waals surface area contributed by atoms with Gasteiger partial charge in [-0.25, -0.2) is 15.0 Å². The van der Waals surface area contributed by atoms with Gasteiger partial charge in [-0.05, 0) is 101 Å². The Morgan fingerprint density at radius 1 is 0.439 bits per heavy atom. The van der Waals surface area contributed by atoms with E-state index in [1.807, 2.05) is 24.3 Å². The second kappa shape index (κ2) is 13.2. The van der Waals surface area contributed by atoms with Crippen molar-refractivity contribution < 1.29 is 4.42 Å². The molecule has 0 aliphatic carbocycles. The van der Waals surface area contributed by atoms with Crippen molar-refractivity contribution in [1.29, 1.82) is 0 Å². The normalized spacial score (nSPS) is 11.8. The fraction of sp³-hybridized carbons (Fsp3) is 0.0784. The largest absolute Gasteiger partial charge is 0.454 e. The van der Waals surface area contributed by atoms with Gasteiger partial charge in [0.05, 0.1) is 27.6 Å². The number of hydrogen-bond donors (Lipinski definition) is 0. The molecule has 11 aromatic rings. The SMILES string of the molecule is CCc1nc2ccccc2n1-c1ccc(-c2cc(-c3ccc(-n4c(CC)nc5ccccc54)cc3)cc(-c3nc4ccccc4c4c3oc3ccccc34)c2)cc1. The third-order valence-corrected chi connectivity index (χ3v) is 11.2. The van der Waals surface area contributed by atoms with Crippen LogP contribution < -0.4 is 0 Å². The minimum Gasteiger partial charge on any atom is -0.454 e. The quantitative estimate of drug-likeness (QED) is 0.163. The standard InChI is InChI=1S/C51H37N5O/c1-3-47-52-42-16-8-10-18-44(42)55(47)37-25-21-32(22-26-37)34-29-35(33-23-27-38(28-24-33)56-45-19-11-9-17-43(45)53-48(56)4-2)31-36(30-34)50-51-49(39-13-5-7-15-41(39)54-50)40-14-6-12-20-46(40)57-51/h5-31H,3-4H2,1-2H3. The number of nitrogens with zero attached hydrogens (tertiary/aromatic N) is 5. The molecule has 4 heterocycles. The molecule has 57 heavy (non-hydrogen) atoms. The van der Waals surface area contributed by atoms with E-state index >= 15 is 0 Å². The van der Waals surface area contributed by atoms with Crippen LogP contribution in [0.4, 0.5) is 0 Å². The van der Waals surface area contributed by atoms with Crippen LogP contribution >= 0.6 is 0 Å². The number of rotatable bonds is 7. The highest BCUT2D eigenvalue weighted by molar-refractivity contribution is 6.20. The topological polar surface area (TPSA) is 61.7 Å². The van der Waals surface area contributed by atoms with E-state index in [-0.39, 0.29) is 0 Å². The molecule has 0 saturated heterocycles. The molecule has 0 amide bonds. The Hall–Kier alpha value is -7.31. The zero-order chi connectivity index (χ0) is 38.0. The third-order valence-electron chi connectivity index (χ3n) is 11.2. The van der Waals surface area contributed by atoms with Crippen LogP contribution in [0.2, 0.25) is 0 Å². The van der Waals surface area contributed by atoms with Gasteiger partial charge in [-0.2, -0.15) is 0 Å². The van der Waals surface area contributed by atoms with E-state index in [0.29, 0.717) is 0 Å². The lowest BCUT2D eigenvalue weighted by Gasteiger charge is -2.14. The van der Waals surface area contributed by atoms with Crippen molar-refractivity contribution in [1.82, 2.24) is 24.1 Å². The van der Waals surface area contributed by atoms with Gasteiger partial charge in [0, 0.05) is 45.9 Å². The highest BCUT2D eigenvalue weighted by atomic mass is 16.3. The maximum atomic E-state index is 6.69. The first kappa shape index (κ1) is 33.1. The summed E-state index contributed by atoms with van der Waals surface area (Å²) in [6.45, 7) is 4.32. The molecule has 0 saturated carbocycles. The molecule has 0 bridgehead atoms. The van der Waals surface area contributed by atoms with Crippen molar-refractivity contribution in [3.63, 3.8) is 0 Å². The molecule has 0 aliphatic rings. The Labute approximate surface area is 329 Å². The van der Waals surface area contributed by atoms with Gasteiger partial charge in [-0.15, -0.1) is 0 Å². The number of furan rings is 1. The van der Waals surface area contributed by atoms with E-state index < -0.39 is 0 Å². The van der Waals surface area contributed by atoms with Gasteiger partial charge in [0.1, 0.15) is 22.9 Å².